The molecule has 0 aromatic carbocycles. The van der Waals surface area contributed by atoms with Crippen LogP contribution in [0.25, 0.3) is 0 Å². The molecule has 2 bridgehead atoms. The van der Waals surface area contributed by atoms with Crippen LogP contribution in [0.1, 0.15) is 99.3 Å². The Morgan fingerprint density at radius 2 is 1.35 bits per heavy atom. The lowest BCUT2D eigenvalue weighted by Gasteiger charge is -2.71. The van der Waals surface area contributed by atoms with E-state index in [1.54, 1.807) is 0 Å². The number of carbonyl (C=O) groups is 2. The van der Waals surface area contributed by atoms with E-state index < -0.39 is 122 Å². The van der Waals surface area contributed by atoms with Gasteiger partial charge in [0.2, 0.25) is 0 Å². The van der Waals surface area contributed by atoms with E-state index in [1.165, 1.54) is 12.5 Å². The van der Waals surface area contributed by atoms with E-state index in [9.17, 15) is 65.8 Å². The summed E-state index contributed by atoms with van der Waals surface area (Å²) in [5.74, 6) is -1.80. The summed E-state index contributed by atoms with van der Waals surface area (Å²) in [5.41, 5.74) is -1.49. The lowest BCUT2D eigenvalue weighted by Crippen LogP contribution is -2.68. The number of carboxylic acid groups (broad SMARTS) is 1. The van der Waals surface area contributed by atoms with Crippen LogP contribution in [0.5, 0.6) is 0 Å². The second-order valence-electron chi connectivity index (χ2n) is 23.3. The molecule has 386 valence electrons. The molecule has 5 aliphatic carbocycles. The molecule has 4 aliphatic heterocycles. The molecule has 20 heteroatoms. The third-order valence-electron chi connectivity index (χ3n) is 20.1. The van der Waals surface area contributed by atoms with E-state index in [-0.39, 0.29) is 64.7 Å². The number of aliphatic hydroxyl groups excluding tert-OH is 10. The number of carbonyl (C=O) groups excluding carboxylic acids is 1. The van der Waals surface area contributed by atoms with Gasteiger partial charge in [0.25, 0.3) is 0 Å². The number of ether oxygens (including phenoxy) is 7. The van der Waals surface area contributed by atoms with Crippen LogP contribution in [0.15, 0.2) is 11.6 Å². The average Bonchev–Trinajstić information content (AvgIpc) is 3.60. The van der Waals surface area contributed by atoms with Crippen molar-refractivity contribution in [3.8, 4) is 0 Å². The third kappa shape index (κ3) is 7.27. The van der Waals surface area contributed by atoms with Gasteiger partial charge in [0, 0.05) is 17.3 Å². The summed E-state index contributed by atoms with van der Waals surface area (Å²) in [6.45, 7) is 11.2. The van der Waals surface area contributed by atoms with Gasteiger partial charge in [0.05, 0.1) is 37.4 Å². The van der Waals surface area contributed by atoms with Crippen LogP contribution in [0.3, 0.4) is 0 Å². The number of rotatable bonds is 10. The average molecular weight is 971 g/mol. The van der Waals surface area contributed by atoms with Crippen molar-refractivity contribution in [2.45, 2.75) is 204 Å². The van der Waals surface area contributed by atoms with Gasteiger partial charge >= 0.3 is 11.9 Å². The van der Waals surface area contributed by atoms with Crippen molar-refractivity contribution in [2.75, 3.05) is 19.8 Å². The molecule has 4 heterocycles. The van der Waals surface area contributed by atoms with Crippen LogP contribution < -0.4 is 0 Å². The first kappa shape index (κ1) is 51.0. The molecule has 4 saturated heterocycles. The minimum Gasteiger partial charge on any atom is -0.479 e. The van der Waals surface area contributed by atoms with Gasteiger partial charge in [-0.05, 0) is 92.3 Å². The summed E-state index contributed by atoms with van der Waals surface area (Å²) in [7, 11) is 0. The van der Waals surface area contributed by atoms with E-state index in [2.05, 4.69) is 33.8 Å². The van der Waals surface area contributed by atoms with Crippen molar-refractivity contribution >= 4 is 11.9 Å². The molecule has 68 heavy (non-hydrogen) atoms. The molecule has 26 unspecified atom stereocenters. The van der Waals surface area contributed by atoms with Crippen LogP contribution in [-0.4, -0.2) is 192 Å². The monoisotopic (exact) mass is 970 g/mol. The highest BCUT2D eigenvalue weighted by Crippen LogP contribution is 2.76. The van der Waals surface area contributed by atoms with Crippen LogP contribution in [0.2, 0.25) is 0 Å². The zero-order valence-electron chi connectivity index (χ0n) is 39.7. The molecule has 0 spiro atoms. The minimum absolute atomic E-state index is 0.0735. The van der Waals surface area contributed by atoms with Crippen molar-refractivity contribution in [2.24, 2.45) is 50.2 Å². The van der Waals surface area contributed by atoms with Crippen molar-refractivity contribution in [1.82, 2.24) is 0 Å². The molecular weight excluding hydrogens is 897 g/mol. The molecule has 20 nitrogen and oxygen atoms in total. The van der Waals surface area contributed by atoms with Crippen molar-refractivity contribution < 1.29 is 98.9 Å². The Bertz CT molecular complexity index is 1960. The van der Waals surface area contributed by atoms with Gasteiger partial charge in [-0.15, -0.1) is 0 Å². The van der Waals surface area contributed by atoms with Crippen molar-refractivity contribution in [3.63, 3.8) is 0 Å². The Morgan fingerprint density at radius 3 is 2.00 bits per heavy atom. The number of carboxylic acids is 1. The fourth-order valence-electron chi connectivity index (χ4n) is 15.6. The predicted molar refractivity (Wildman–Crippen MR) is 230 cm³/mol. The molecule has 4 saturated carbocycles. The summed E-state index contributed by atoms with van der Waals surface area (Å²) in [6, 6.07) is 0. The van der Waals surface area contributed by atoms with Gasteiger partial charge in [-0.1, -0.05) is 46.3 Å². The first-order valence-electron chi connectivity index (χ1n) is 24.6. The molecular formula is C48H74O20. The van der Waals surface area contributed by atoms with Gasteiger partial charge in [0.1, 0.15) is 67.1 Å². The van der Waals surface area contributed by atoms with Gasteiger partial charge < -0.3 is 89.3 Å². The standard InChI is InChI=1S/C48H74O20/c1-20-28(52)30(54)34(58)39(62-20)67-36-31(55)29(53)23(17-49)63-40(36)68-37-33(57)32(56)35(38(59)60)66-41(37)64-26-10-11-44(3)24(45(26,4)18-50)9-12-47(6)25(44)8-7-21-22-15-48(19-51)16-27(65-42(48)61)43(22,2)13-14-46(21,47)5/h7,20,22-37,39-41,49-58H,8-19H2,1-6H3,(H,59,60). The van der Waals surface area contributed by atoms with E-state index in [1.807, 2.05) is 6.92 Å². The molecule has 11 N–H and O–H groups in total. The molecule has 9 rings (SSSR count). The van der Waals surface area contributed by atoms with Crippen LogP contribution in [0, 0.1) is 50.2 Å². The highest BCUT2D eigenvalue weighted by Gasteiger charge is 2.72. The molecule has 0 amide bonds. The lowest BCUT2D eigenvalue weighted by molar-refractivity contribution is -0.396. The maximum absolute atomic E-state index is 13.3. The topological polar surface area (TPSA) is 321 Å². The quantitative estimate of drug-likeness (QED) is 0.0727. The van der Waals surface area contributed by atoms with E-state index in [0.717, 1.165) is 25.7 Å². The molecule has 9 aliphatic rings. The fourth-order valence-corrected chi connectivity index (χ4v) is 15.6. The lowest BCUT2D eigenvalue weighted by atomic mass is 9.33. The predicted octanol–water partition coefficient (Wildman–Crippen LogP) is -0.778. The number of aliphatic hydroxyl groups is 10. The minimum atomic E-state index is -2.09. The summed E-state index contributed by atoms with van der Waals surface area (Å²) in [6.07, 6.45) is -19.0. The number of esters is 1. The number of fused-ring (bicyclic) bond motifs is 10. The van der Waals surface area contributed by atoms with Crippen LogP contribution in [0.4, 0.5) is 0 Å². The Labute approximate surface area is 395 Å². The number of aliphatic carboxylic acids is 1. The van der Waals surface area contributed by atoms with Crippen molar-refractivity contribution in [1.29, 1.82) is 0 Å². The molecule has 8 fully saturated rings. The van der Waals surface area contributed by atoms with E-state index in [4.69, 9.17) is 33.2 Å². The molecule has 0 radical (unpaired) electrons. The summed E-state index contributed by atoms with van der Waals surface area (Å²) in [4.78, 5) is 25.7. The first-order chi connectivity index (χ1) is 31.9. The Hall–Kier alpha value is -1.96. The first-order valence-corrected chi connectivity index (χ1v) is 24.6. The molecule has 0 aromatic heterocycles. The molecule has 0 aromatic rings. The van der Waals surface area contributed by atoms with E-state index in [0.29, 0.717) is 32.1 Å². The highest BCUT2D eigenvalue weighted by atomic mass is 16.8. The summed E-state index contributed by atoms with van der Waals surface area (Å²) >= 11 is 0. The van der Waals surface area contributed by atoms with Gasteiger partial charge in [-0.3, -0.25) is 4.79 Å². The zero-order valence-corrected chi connectivity index (χ0v) is 39.7. The fraction of sp³-hybridized carbons (Fsp3) is 0.917. The maximum Gasteiger partial charge on any atom is 0.335 e. The van der Waals surface area contributed by atoms with Crippen LogP contribution >= 0.6 is 0 Å². The summed E-state index contributed by atoms with van der Waals surface area (Å²) in [5, 5.41) is 119. The number of allylic oxidation sites excluding steroid dienone is 2. The second-order valence-corrected chi connectivity index (χ2v) is 23.3. The second kappa shape index (κ2) is 17.6. The van der Waals surface area contributed by atoms with Gasteiger partial charge in [0.15, 0.2) is 25.0 Å². The highest BCUT2D eigenvalue weighted by molar-refractivity contribution is 5.80. The zero-order chi connectivity index (χ0) is 49.4. The smallest absolute Gasteiger partial charge is 0.335 e. The van der Waals surface area contributed by atoms with Crippen LogP contribution in [-0.2, 0) is 42.7 Å². The largest absolute Gasteiger partial charge is 0.479 e. The third-order valence-corrected chi connectivity index (χ3v) is 20.1. The summed E-state index contributed by atoms with van der Waals surface area (Å²) < 4.78 is 42.2. The Morgan fingerprint density at radius 1 is 0.691 bits per heavy atom. The maximum atomic E-state index is 13.3. The van der Waals surface area contributed by atoms with Crippen molar-refractivity contribution in [3.05, 3.63) is 11.6 Å². The number of hydrogen-bond acceptors (Lipinski definition) is 19. The SMILES string of the molecule is CC1OC(OC2C(OC3C(OC4CCC5(C)C(CCC6(C)C5CC=C5C7CC8(CO)CC(OC8=O)C7(C)CCC56C)C4(C)CO)OC(C(=O)O)C(O)C3O)OC(CO)C(O)C2O)C(O)C(O)C1O. The van der Waals surface area contributed by atoms with E-state index >= 15 is 0 Å². The van der Waals surface area contributed by atoms with Gasteiger partial charge in [-0.2, -0.15) is 0 Å². The Balaban J connectivity index is 0.994. The molecule has 26 atom stereocenters. The van der Waals surface area contributed by atoms with Gasteiger partial charge in [-0.25, -0.2) is 4.79 Å². The Kier molecular flexibility index (Phi) is 13.2. The normalized spacial score (nSPS) is 56.6. The number of hydrogen-bond donors (Lipinski definition) is 11.